The molecule has 0 bridgehead atoms. The van der Waals surface area contributed by atoms with Gasteiger partial charge < -0.3 is 31.1 Å². The van der Waals surface area contributed by atoms with Crippen LogP contribution in [0.5, 0.6) is 23.0 Å². The zero-order valence-corrected chi connectivity index (χ0v) is 37.9. The van der Waals surface area contributed by atoms with E-state index in [0.29, 0.717) is 37.8 Å². The van der Waals surface area contributed by atoms with Crippen LogP contribution >= 0.6 is 12.0 Å². The molecule has 8 rings (SSSR count). The zero-order valence-electron chi connectivity index (χ0n) is 35.2. The van der Waals surface area contributed by atoms with Crippen molar-refractivity contribution < 1.29 is 64.7 Å². The number of phenols is 4. The van der Waals surface area contributed by atoms with Gasteiger partial charge in [-0.05, 0) is 83.6 Å². The van der Waals surface area contributed by atoms with Gasteiger partial charge in [-0.3, -0.25) is 9.59 Å². The minimum absolute atomic E-state index is 0. The van der Waals surface area contributed by atoms with Gasteiger partial charge in [0.15, 0.2) is 21.3 Å². The maximum Gasteiger partial charge on any atom is 0.259 e. The fourth-order valence-electron chi connectivity index (χ4n) is 6.35. The van der Waals surface area contributed by atoms with E-state index in [1.54, 1.807) is 109 Å². The third-order valence-electron chi connectivity index (χ3n) is 9.58. The molecule has 340 valence electrons. The van der Waals surface area contributed by atoms with Gasteiger partial charge in [0.05, 0.1) is 35.2 Å². The molecule has 0 aromatic heterocycles. The van der Waals surface area contributed by atoms with Crippen LogP contribution in [0, 0.1) is 0 Å². The number of phenolic OH excluding ortho intramolecular Hbond substituents is 4. The quantitative estimate of drug-likeness (QED) is 0.0221. The third-order valence-corrected chi connectivity index (χ3v) is 11.3. The summed E-state index contributed by atoms with van der Waals surface area (Å²) in [4.78, 5) is 30.9. The smallest absolute Gasteiger partial charge is 0.259 e. The molecule has 0 radical (unpaired) electrons. The number of carbonyl (C=O) groups is 2. The summed E-state index contributed by atoms with van der Waals surface area (Å²) in [5, 5.41) is 66.4. The summed E-state index contributed by atoms with van der Waals surface area (Å²) in [7, 11) is -2.15. The van der Waals surface area contributed by atoms with Gasteiger partial charge in [-0.1, -0.05) is 84.9 Å². The maximum absolute atomic E-state index is 12.9. The Morgan fingerprint density at radius 1 is 0.552 bits per heavy atom. The van der Waals surface area contributed by atoms with Crippen molar-refractivity contribution in [2.75, 3.05) is 24.0 Å². The molecule has 19 heteroatoms. The minimum Gasteiger partial charge on any atom is -0.506 e. The van der Waals surface area contributed by atoms with E-state index >= 15 is 0 Å². The first kappa shape index (κ1) is 48.8. The molecule has 6 N–H and O–H groups in total. The first-order valence-corrected chi connectivity index (χ1v) is 22.2. The Hall–Kier alpha value is -7.64. The van der Waals surface area contributed by atoms with E-state index < -0.39 is 27.4 Å². The van der Waals surface area contributed by atoms with Gasteiger partial charge in [0.25, 0.3) is 11.8 Å². The summed E-state index contributed by atoms with van der Waals surface area (Å²) in [5.74, 6) is -2.14. The van der Waals surface area contributed by atoms with Crippen LogP contribution in [0.25, 0.3) is 21.5 Å². The number of aromatic hydroxyl groups is 4. The molecule has 8 aromatic rings. The molecule has 0 aliphatic carbocycles. The van der Waals surface area contributed by atoms with Crippen molar-refractivity contribution in [2.24, 2.45) is 20.5 Å². The van der Waals surface area contributed by atoms with E-state index in [-0.39, 0.29) is 73.1 Å². The van der Waals surface area contributed by atoms with Crippen molar-refractivity contribution in [3.8, 4) is 23.0 Å². The van der Waals surface area contributed by atoms with Crippen LogP contribution in [0.4, 0.5) is 34.1 Å². The molecule has 0 atom stereocenters. The number of anilines is 2. The number of azo groups is 2. The molecule has 67 heavy (non-hydrogen) atoms. The molecule has 2 amide bonds. The van der Waals surface area contributed by atoms with E-state index in [2.05, 4.69) is 36.0 Å². The molecule has 8 aromatic carbocycles. The number of amides is 2. The van der Waals surface area contributed by atoms with Crippen LogP contribution in [0.2, 0.25) is 0 Å². The van der Waals surface area contributed by atoms with E-state index in [0.717, 1.165) is 18.3 Å². The summed E-state index contributed by atoms with van der Waals surface area (Å²) in [6.07, 6.45) is 1.04. The van der Waals surface area contributed by atoms with Crippen LogP contribution < -0.4 is 10.6 Å². The van der Waals surface area contributed by atoms with Gasteiger partial charge in [0.2, 0.25) is 0 Å². The fourth-order valence-corrected chi connectivity index (χ4v) is 7.42. The number of rotatable bonds is 12. The number of sulfone groups is 1. The molecule has 0 saturated heterocycles. The van der Waals surface area contributed by atoms with Crippen LogP contribution in [0.1, 0.15) is 20.7 Å². The predicted molar refractivity (Wildman–Crippen MR) is 252 cm³/mol. The SMILES string of the molecule is COOSc1ccc(O)c(N=Nc2c(O)c(C(=O)Nc3ccccc3)cc3ccccc23)c1.CS(=O)(=O)c1ccc(O)c(N=Nc2c(O)c(C(=O)Nc3ccccc3)cc3ccccc23)c1.[Fe]. The van der Waals surface area contributed by atoms with Crippen molar-refractivity contribution in [1.82, 2.24) is 0 Å². The van der Waals surface area contributed by atoms with Crippen LogP contribution in [0.15, 0.2) is 188 Å². The number of hydrogen-bond donors (Lipinski definition) is 6. The molecule has 0 unspecified atom stereocenters. The second-order valence-corrected chi connectivity index (χ2v) is 16.9. The first-order valence-electron chi connectivity index (χ1n) is 19.6. The third kappa shape index (κ3) is 12.0. The largest absolute Gasteiger partial charge is 0.506 e. The Morgan fingerprint density at radius 2 is 0.985 bits per heavy atom. The monoisotopic (exact) mass is 978 g/mol. The van der Waals surface area contributed by atoms with E-state index in [4.69, 9.17) is 4.33 Å². The van der Waals surface area contributed by atoms with Gasteiger partial charge in [-0.2, -0.15) is 4.33 Å². The van der Waals surface area contributed by atoms with Gasteiger partial charge in [-0.25, -0.2) is 13.3 Å². The van der Waals surface area contributed by atoms with Crippen molar-refractivity contribution in [3.63, 3.8) is 0 Å². The van der Waals surface area contributed by atoms with Crippen molar-refractivity contribution in [1.29, 1.82) is 0 Å². The van der Waals surface area contributed by atoms with Crippen LogP contribution in [-0.2, 0) is 36.1 Å². The summed E-state index contributed by atoms with van der Waals surface area (Å²) in [5.41, 5.74) is 1.36. The number of benzene rings is 8. The number of nitrogens with one attached hydrogen (secondary N) is 2. The number of hydrogen-bond acceptors (Lipinski definition) is 15. The van der Waals surface area contributed by atoms with Crippen molar-refractivity contribution >= 4 is 89.4 Å². The average molecular weight is 979 g/mol. The van der Waals surface area contributed by atoms with Gasteiger partial charge in [0, 0.05) is 50.4 Å². The average Bonchev–Trinajstić information content (AvgIpc) is 3.31. The first-order chi connectivity index (χ1) is 31.8. The number of carbonyl (C=O) groups excluding carboxylic acids is 2. The summed E-state index contributed by atoms with van der Waals surface area (Å²) < 4.78 is 28.5. The van der Waals surface area contributed by atoms with Gasteiger partial charge in [0.1, 0.15) is 34.2 Å². The number of para-hydroxylation sites is 2. The van der Waals surface area contributed by atoms with Crippen molar-refractivity contribution in [2.45, 2.75) is 9.79 Å². The molecule has 0 spiro atoms. The fraction of sp³-hybridized carbons (Fsp3) is 0.0417. The Morgan fingerprint density at radius 3 is 1.45 bits per heavy atom. The molecule has 16 nitrogen and oxygen atoms in total. The molecular formula is C48H38FeN6O10S2. The normalized spacial score (nSPS) is 11.3. The van der Waals surface area contributed by atoms with Gasteiger partial charge in [-0.15, -0.1) is 20.5 Å². The Bertz CT molecular complexity index is 3270. The summed E-state index contributed by atoms with van der Waals surface area (Å²) >= 11 is 0.941. The second kappa shape index (κ2) is 22.0. The molecule has 0 aliphatic rings. The zero-order chi connectivity index (χ0) is 46.8. The molecule has 0 fully saturated rings. The molecule has 0 aliphatic heterocycles. The van der Waals surface area contributed by atoms with E-state index in [9.17, 15) is 38.4 Å². The molecule has 0 saturated carbocycles. The van der Waals surface area contributed by atoms with E-state index in [1.807, 2.05) is 24.3 Å². The minimum atomic E-state index is -3.53. The summed E-state index contributed by atoms with van der Waals surface area (Å²) in [6, 6.07) is 43.3. The van der Waals surface area contributed by atoms with Crippen LogP contribution in [0.3, 0.4) is 0 Å². The van der Waals surface area contributed by atoms with E-state index in [1.165, 1.54) is 31.4 Å². The standard InChI is InChI=1S/2C24H19N3O5S.Fe/c1-33(31,32)17-11-12-21(28)20(14-17)26-27-22-18-10-6-5-7-15(18)13-19(23(22)29)24(30)25-16-8-3-2-4-9-16;1-31-32-33-17-11-12-21(28)20(14-17)26-27-22-18-10-6-5-7-15(18)13-19(23(22)29)24(30)25-16-8-3-2-4-9-16;/h2*2-14,28-29H,1H3,(H,25,30);. The van der Waals surface area contributed by atoms with Gasteiger partial charge >= 0.3 is 0 Å². The second-order valence-electron chi connectivity index (χ2n) is 14.1. The Labute approximate surface area is 398 Å². The Kier molecular flexibility index (Phi) is 16.0. The molecule has 0 heterocycles. The number of fused-ring (bicyclic) bond motifs is 2. The number of nitrogens with zero attached hydrogens (tertiary/aromatic N) is 4. The maximum atomic E-state index is 12.9. The van der Waals surface area contributed by atoms with Crippen molar-refractivity contribution in [3.05, 3.63) is 169 Å². The van der Waals surface area contributed by atoms with Crippen LogP contribution in [-0.4, -0.2) is 54.0 Å². The topological polar surface area (TPSA) is 241 Å². The summed E-state index contributed by atoms with van der Waals surface area (Å²) in [6.45, 7) is 0. The molecular weight excluding hydrogens is 941 g/mol. The Balaban J connectivity index is 0.000000218. The predicted octanol–water partition coefficient (Wildman–Crippen LogP) is 11.8.